The van der Waals surface area contributed by atoms with E-state index in [1.807, 2.05) is 0 Å². The van der Waals surface area contributed by atoms with Crippen molar-refractivity contribution in [2.75, 3.05) is 0 Å². The molecule has 0 amide bonds. The number of hydrogen-bond donors (Lipinski definition) is 0. The second kappa shape index (κ2) is 14.5. The molecule has 2 unspecified atom stereocenters. The molecule has 32 heavy (non-hydrogen) atoms. The lowest BCUT2D eigenvalue weighted by atomic mass is 10.0. The summed E-state index contributed by atoms with van der Waals surface area (Å²) < 4.78 is 2.50. The summed E-state index contributed by atoms with van der Waals surface area (Å²) in [7, 11) is 0. The minimum absolute atomic E-state index is 0.517. The van der Waals surface area contributed by atoms with Crippen molar-refractivity contribution in [1.29, 1.82) is 0 Å². The van der Waals surface area contributed by atoms with Crippen LogP contribution in [0.15, 0.2) is 48.5 Å². The Balaban J connectivity index is 1.33. The minimum atomic E-state index is 0.517. The molecule has 1 heterocycles. The monoisotopic (exact) mass is 561 g/mol. The molecule has 0 aliphatic carbocycles. The number of rotatable bonds is 16. The van der Waals surface area contributed by atoms with Gasteiger partial charge in [-0.1, -0.05) is 139 Å². The molecule has 2 aromatic carbocycles. The fourth-order valence-electron chi connectivity index (χ4n) is 4.87. The number of unbranched alkanes of at least 4 members (excludes halogenated alkanes) is 8. The highest BCUT2D eigenvalue weighted by molar-refractivity contribution is 9.09. The zero-order valence-corrected chi connectivity index (χ0v) is 23.0. The van der Waals surface area contributed by atoms with Crippen LogP contribution in [0.3, 0.4) is 0 Å². The number of hydrogen-bond acceptors (Lipinski definition) is 0. The van der Waals surface area contributed by atoms with E-state index in [0.29, 0.717) is 9.65 Å². The average molecular weight is 563 g/mol. The first-order chi connectivity index (χ1) is 15.7. The van der Waals surface area contributed by atoms with Gasteiger partial charge in [-0.3, -0.25) is 0 Å². The summed E-state index contributed by atoms with van der Waals surface area (Å²) in [5.41, 5.74) is 2.70. The van der Waals surface area contributed by atoms with E-state index in [9.17, 15) is 0 Å². The number of benzene rings is 2. The Morgan fingerprint density at radius 1 is 0.594 bits per heavy atom. The third-order valence-electron chi connectivity index (χ3n) is 6.72. The van der Waals surface area contributed by atoms with Crippen LogP contribution in [-0.2, 0) is 6.54 Å². The molecule has 3 rings (SSSR count). The number of para-hydroxylation sites is 2. The molecule has 1 aromatic heterocycles. The Kier molecular flexibility index (Phi) is 11.7. The topological polar surface area (TPSA) is 4.93 Å². The first kappa shape index (κ1) is 25.8. The smallest absolute Gasteiger partial charge is 0.0491 e. The number of fused-ring (bicyclic) bond motifs is 3. The first-order valence-electron chi connectivity index (χ1n) is 12.9. The van der Waals surface area contributed by atoms with Gasteiger partial charge in [-0.05, 0) is 31.4 Å². The maximum absolute atomic E-state index is 3.99. The zero-order chi connectivity index (χ0) is 22.6. The second-order valence-electron chi connectivity index (χ2n) is 9.39. The number of alkyl halides is 2. The first-order valence-corrected chi connectivity index (χ1v) is 14.8. The van der Waals surface area contributed by atoms with Crippen LogP contribution in [0.5, 0.6) is 0 Å². The molecule has 0 aliphatic rings. The second-order valence-corrected chi connectivity index (χ2v) is 12.0. The summed E-state index contributed by atoms with van der Waals surface area (Å²) in [6, 6.07) is 17.6. The third kappa shape index (κ3) is 7.90. The molecular formula is C29H41Br2N. The van der Waals surface area contributed by atoms with Crippen molar-refractivity contribution < 1.29 is 0 Å². The lowest BCUT2D eigenvalue weighted by Crippen LogP contribution is -2.10. The molecule has 0 spiro atoms. The van der Waals surface area contributed by atoms with E-state index in [-0.39, 0.29) is 0 Å². The van der Waals surface area contributed by atoms with Gasteiger partial charge in [0.15, 0.2) is 0 Å². The molecule has 3 aromatic rings. The van der Waals surface area contributed by atoms with Crippen molar-refractivity contribution in [3.05, 3.63) is 48.5 Å². The van der Waals surface area contributed by atoms with Crippen molar-refractivity contribution in [3.8, 4) is 0 Å². The van der Waals surface area contributed by atoms with Crippen molar-refractivity contribution in [2.45, 2.75) is 107 Å². The molecule has 0 saturated heterocycles. The maximum atomic E-state index is 3.99. The summed E-state index contributed by atoms with van der Waals surface area (Å²) in [6.07, 6.45) is 17.8. The van der Waals surface area contributed by atoms with Crippen LogP contribution < -0.4 is 0 Å². The van der Waals surface area contributed by atoms with Crippen LogP contribution in [0.1, 0.15) is 90.4 Å². The highest BCUT2D eigenvalue weighted by atomic mass is 79.9. The number of aromatic nitrogens is 1. The normalized spacial score (nSPS) is 13.7. The predicted octanol–water partition coefficient (Wildman–Crippen LogP) is 10.4. The van der Waals surface area contributed by atoms with Crippen LogP contribution in [0.25, 0.3) is 21.8 Å². The van der Waals surface area contributed by atoms with Crippen LogP contribution in [0, 0.1) is 0 Å². The lowest BCUT2D eigenvalue weighted by molar-refractivity contribution is 0.539. The highest BCUT2D eigenvalue weighted by Gasteiger charge is 2.13. The van der Waals surface area contributed by atoms with Crippen LogP contribution in [0.4, 0.5) is 0 Å². The van der Waals surface area contributed by atoms with Gasteiger partial charge < -0.3 is 4.57 Å². The van der Waals surface area contributed by atoms with Gasteiger partial charge in [0.1, 0.15) is 0 Å². The van der Waals surface area contributed by atoms with E-state index < -0.39 is 0 Å². The average Bonchev–Trinajstić information content (AvgIpc) is 3.12. The quantitative estimate of drug-likeness (QED) is 0.121. The van der Waals surface area contributed by atoms with E-state index in [1.54, 1.807) is 0 Å². The van der Waals surface area contributed by atoms with E-state index in [2.05, 4.69) is 91.9 Å². The van der Waals surface area contributed by atoms with E-state index in [0.717, 1.165) is 6.54 Å². The van der Waals surface area contributed by atoms with Crippen LogP contribution in [-0.4, -0.2) is 14.2 Å². The standard InChI is InChI=1S/C29H41Br2N/c1-2-3-4-5-6-7-8-9-16-24(30)17-10-11-18-25(31)23-32-28-21-14-12-19-26(28)27-20-13-15-22-29(27)32/h12-15,19-22,24-25H,2-11,16-18,23H2,1H3. The van der Waals surface area contributed by atoms with Crippen molar-refractivity contribution in [1.82, 2.24) is 4.57 Å². The molecule has 2 atom stereocenters. The van der Waals surface area contributed by atoms with Gasteiger partial charge in [-0.15, -0.1) is 0 Å². The molecule has 176 valence electrons. The summed E-state index contributed by atoms with van der Waals surface area (Å²) in [5, 5.41) is 2.73. The van der Waals surface area contributed by atoms with Gasteiger partial charge in [-0.2, -0.15) is 0 Å². The van der Waals surface area contributed by atoms with Gasteiger partial charge in [-0.25, -0.2) is 0 Å². The Morgan fingerprint density at radius 2 is 1.03 bits per heavy atom. The summed E-state index contributed by atoms with van der Waals surface area (Å²) in [4.78, 5) is 1.22. The largest absolute Gasteiger partial charge is 0.339 e. The molecule has 0 radical (unpaired) electrons. The third-order valence-corrected chi connectivity index (χ3v) is 8.38. The Morgan fingerprint density at radius 3 is 1.59 bits per heavy atom. The molecule has 0 bridgehead atoms. The van der Waals surface area contributed by atoms with Crippen molar-refractivity contribution in [3.63, 3.8) is 0 Å². The highest BCUT2D eigenvalue weighted by Crippen LogP contribution is 2.30. The molecular weight excluding hydrogens is 522 g/mol. The molecule has 0 saturated carbocycles. The number of halogens is 2. The Labute approximate surface area is 212 Å². The van der Waals surface area contributed by atoms with Crippen molar-refractivity contribution in [2.24, 2.45) is 0 Å². The minimum Gasteiger partial charge on any atom is -0.339 e. The van der Waals surface area contributed by atoms with E-state index in [1.165, 1.54) is 105 Å². The van der Waals surface area contributed by atoms with Gasteiger partial charge in [0.05, 0.1) is 0 Å². The molecule has 0 fully saturated rings. The SMILES string of the molecule is CCCCCCCCCCC(Br)CCCCC(Br)Cn1c2ccccc2c2ccccc21. The van der Waals surface area contributed by atoms with E-state index >= 15 is 0 Å². The molecule has 1 nitrogen and oxygen atoms in total. The fraction of sp³-hybridized carbons (Fsp3) is 0.586. The van der Waals surface area contributed by atoms with Crippen LogP contribution in [0.2, 0.25) is 0 Å². The zero-order valence-electron chi connectivity index (χ0n) is 19.9. The van der Waals surface area contributed by atoms with Crippen molar-refractivity contribution >= 4 is 53.7 Å². The molecule has 0 N–H and O–H groups in total. The Hall–Kier alpha value is -0.800. The summed E-state index contributed by atoms with van der Waals surface area (Å²) in [6.45, 7) is 3.32. The fourth-order valence-corrected chi connectivity index (χ4v) is 6.13. The van der Waals surface area contributed by atoms with E-state index in [4.69, 9.17) is 0 Å². The van der Waals surface area contributed by atoms with Gasteiger partial charge in [0, 0.05) is 38.0 Å². The number of nitrogens with zero attached hydrogens (tertiary/aromatic N) is 1. The maximum Gasteiger partial charge on any atom is 0.0491 e. The van der Waals surface area contributed by atoms with Gasteiger partial charge in [0.25, 0.3) is 0 Å². The molecule has 0 aliphatic heterocycles. The van der Waals surface area contributed by atoms with Gasteiger partial charge in [0.2, 0.25) is 0 Å². The Bertz CT molecular complexity index is 863. The lowest BCUT2D eigenvalue weighted by Gasteiger charge is -2.14. The van der Waals surface area contributed by atoms with Crippen LogP contribution >= 0.6 is 31.9 Å². The predicted molar refractivity (Wildman–Crippen MR) is 151 cm³/mol. The molecule has 3 heteroatoms. The summed E-state index contributed by atoms with van der Waals surface area (Å²) >= 11 is 7.92. The summed E-state index contributed by atoms with van der Waals surface area (Å²) in [5.74, 6) is 0. The van der Waals surface area contributed by atoms with Gasteiger partial charge >= 0.3 is 0 Å².